The molecule has 0 saturated carbocycles. The van der Waals surface area contributed by atoms with Crippen molar-refractivity contribution in [2.75, 3.05) is 13.1 Å². The second-order valence-corrected chi connectivity index (χ2v) is 7.20. The molecular formula is C12H17BrN2O3S. The molecule has 1 aliphatic heterocycles. The van der Waals surface area contributed by atoms with Gasteiger partial charge in [0, 0.05) is 17.3 Å². The molecule has 5 nitrogen and oxygen atoms in total. The first kappa shape index (κ1) is 14.7. The number of aliphatic hydroxyl groups excluding tert-OH is 1. The molecule has 0 radical (unpaired) electrons. The van der Waals surface area contributed by atoms with E-state index in [0.717, 1.165) is 9.48 Å². The molecule has 1 aromatic heterocycles. The normalized spacial score (nSPS) is 23.7. The Morgan fingerprint density at radius 3 is 2.79 bits per heavy atom. The number of hydrogen-bond donors (Lipinski definition) is 1. The Kier molecular flexibility index (Phi) is 4.17. The van der Waals surface area contributed by atoms with E-state index in [9.17, 15) is 9.90 Å². The number of carbonyl (C=O) groups excluding carboxylic acids is 1. The van der Waals surface area contributed by atoms with Crippen molar-refractivity contribution in [1.29, 1.82) is 0 Å². The van der Waals surface area contributed by atoms with E-state index in [-0.39, 0.29) is 12.0 Å². The van der Waals surface area contributed by atoms with Gasteiger partial charge in [-0.3, -0.25) is 0 Å². The van der Waals surface area contributed by atoms with Gasteiger partial charge in [0.25, 0.3) is 0 Å². The second kappa shape index (κ2) is 5.38. The van der Waals surface area contributed by atoms with Gasteiger partial charge in [-0.05, 0) is 36.7 Å². The van der Waals surface area contributed by atoms with Crippen molar-refractivity contribution in [2.45, 2.75) is 38.4 Å². The Bertz CT molecular complexity index is 472. The van der Waals surface area contributed by atoms with Gasteiger partial charge in [0.05, 0.1) is 18.2 Å². The molecule has 0 aliphatic carbocycles. The van der Waals surface area contributed by atoms with Gasteiger partial charge < -0.3 is 14.7 Å². The molecule has 0 spiro atoms. The number of thiazole rings is 1. The van der Waals surface area contributed by atoms with Crippen LogP contribution in [0.15, 0.2) is 10.1 Å². The highest BCUT2D eigenvalue weighted by molar-refractivity contribution is 9.10. The maximum atomic E-state index is 12.0. The number of amides is 1. The third-order valence-corrected chi connectivity index (χ3v) is 4.68. The van der Waals surface area contributed by atoms with Crippen LogP contribution in [0.5, 0.6) is 0 Å². The Balaban J connectivity index is 2.06. The first-order valence-electron chi connectivity index (χ1n) is 6.03. The predicted octanol–water partition coefficient (Wildman–Crippen LogP) is 2.60. The van der Waals surface area contributed by atoms with E-state index in [2.05, 4.69) is 20.9 Å². The van der Waals surface area contributed by atoms with Gasteiger partial charge >= 0.3 is 6.09 Å². The zero-order valence-corrected chi connectivity index (χ0v) is 13.5. The van der Waals surface area contributed by atoms with Gasteiger partial charge in [-0.2, -0.15) is 0 Å². The summed E-state index contributed by atoms with van der Waals surface area (Å²) in [4.78, 5) is 18.6. The van der Waals surface area contributed by atoms with E-state index in [1.54, 1.807) is 10.4 Å². The molecule has 7 heteroatoms. The number of hydrogen-bond acceptors (Lipinski definition) is 5. The molecule has 1 aromatic rings. The van der Waals surface area contributed by atoms with Gasteiger partial charge in [-0.25, -0.2) is 9.78 Å². The number of β-amino-alcohol motifs (C(OH)–C–C–N with tert-alkyl or cyclic N) is 1. The van der Waals surface area contributed by atoms with Crippen LogP contribution < -0.4 is 0 Å². The molecule has 2 rings (SSSR count). The summed E-state index contributed by atoms with van der Waals surface area (Å²) in [5.41, 5.74) is 1.20. The van der Waals surface area contributed by atoms with E-state index in [4.69, 9.17) is 4.74 Å². The second-order valence-electron chi connectivity index (χ2n) is 5.57. The van der Waals surface area contributed by atoms with Crippen LogP contribution in [0, 0.1) is 0 Å². The summed E-state index contributed by atoms with van der Waals surface area (Å²) in [6, 6.07) is 0. The molecule has 0 aromatic carbocycles. The molecule has 1 saturated heterocycles. The highest BCUT2D eigenvalue weighted by atomic mass is 79.9. The Labute approximate surface area is 124 Å². The van der Waals surface area contributed by atoms with Crippen molar-refractivity contribution >= 4 is 33.4 Å². The molecule has 106 valence electrons. The SMILES string of the molecule is CC(C)(C)OC(=O)N1C[C@@H](O)[C@H](c2scnc2Br)C1. The van der Waals surface area contributed by atoms with Crippen LogP contribution in [-0.4, -0.2) is 45.9 Å². The largest absolute Gasteiger partial charge is 0.444 e. The summed E-state index contributed by atoms with van der Waals surface area (Å²) < 4.78 is 6.06. The van der Waals surface area contributed by atoms with Crippen LogP contribution in [0.3, 0.4) is 0 Å². The predicted molar refractivity (Wildman–Crippen MR) is 76.4 cm³/mol. The van der Waals surface area contributed by atoms with E-state index >= 15 is 0 Å². The summed E-state index contributed by atoms with van der Waals surface area (Å²) in [6.07, 6.45) is -0.959. The molecule has 2 atom stereocenters. The summed E-state index contributed by atoms with van der Waals surface area (Å²) in [7, 11) is 0. The molecule has 1 fully saturated rings. The molecule has 1 aliphatic rings. The highest BCUT2D eigenvalue weighted by Gasteiger charge is 2.38. The average Bonchev–Trinajstić information content (AvgIpc) is 2.82. The van der Waals surface area contributed by atoms with E-state index in [0.29, 0.717) is 13.1 Å². The number of nitrogens with zero attached hydrogens (tertiary/aromatic N) is 2. The minimum absolute atomic E-state index is 0.102. The number of rotatable bonds is 1. The van der Waals surface area contributed by atoms with Crippen LogP contribution in [0.1, 0.15) is 31.6 Å². The van der Waals surface area contributed by atoms with Crippen LogP contribution in [-0.2, 0) is 4.74 Å². The number of aliphatic hydroxyl groups is 1. The number of likely N-dealkylation sites (tertiary alicyclic amines) is 1. The smallest absolute Gasteiger partial charge is 0.410 e. The fraction of sp³-hybridized carbons (Fsp3) is 0.667. The summed E-state index contributed by atoms with van der Waals surface area (Å²) in [6.45, 7) is 6.23. The van der Waals surface area contributed by atoms with Crippen molar-refractivity contribution in [2.24, 2.45) is 0 Å². The van der Waals surface area contributed by atoms with Crippen molar-refractivity contribution in [1.82, 2.24) is 9.88 Å². The first-order chi connectivity index (χ1) is 8.78. The zero-order chi connectivity index (χ0) is 14.2. The van der Waals surface area contributed by atoms with Crippen LogP contribution in [0.4, 0.5) is 4.79 Å². The van der Waals surface area contributed by atoms with Gasteiger partial charge in [0.15, 0.2) is 0 Å². The lowest BCUT2D eigenvalue weighted by Gasteiger charge is -2.24. The fourth-order valence-electron chi connectivity index (χ4n) is 2.00. The number of halogens is 1. The quantitative estimate of drug-likeness (QED) is 0.847. The van der Waals surface area contributed by atoms with Crippen LogP contribution in [0.25, 0.3) is 0 Å². The third kappa shape index (κ3) is 3.46. The standard InChI is InChI=1S/C12H17BrN2O3S/c1-12(2,3)18-11(17)15-4-7(8(16)5-15)9-10(13)14-6-19-9/h6-8,16H,4-5H2,1-3H3/t7-,8-/m1/s1. The number of aromatic nitrogens is 1. The van der Waals surface area contributed by atoms with Crippen molar-refractivity contribution in [3.63, 3.8) is 0 Å². The van der Waals surface area contributed by atoms with Gasteiger partial charge in [-0.15, -0.1) is 11.3 Å². The minimum Gasteiger partial charge on any atom is -0.444 e. The maximum Gasteiger partial charge on any atom is 0.410 e. The number of carbonyl (C=O) groups is 1. The molecule has 1 amide bonds. The van der Waals surface area contributed by atoms with E-state index < -0.39 is 11.7 Å². The molecule has 1 N–H and O–H groups in total. The first-order valence-corrected chi connectivity index (χ1v) is 7.70. The monoisotopic (exact) mass is 348 g/mol. The Morgan fingerprint density at radius 1 is 1.58 bits per heavy atom. The third-order valence-electron chi connectivity index (χ3n) is 2.83. The maximum absolute atomic E-state index is 12.0. The summed E-state index contributed by atoms with van der Waals surface area (Å²) >= 11 is 4.84. The number of ether oxygens (including phenoxy) is 1. The van der Waals surface area contributed by atoms with Gasteiger partial charge in [0.1, 0.15) is 10.2 Å². The topological polar surface area (TPSA) is 62.7 Å². The van der Waals surface area contributed by atoms with Crippen LogP contribution in [0.2, 0.25) is 0 Å². The Morgan fingerprint density at radius 2 is 2.26 bits per heavy atom. The molecule has 19 heavy (non-hydrogen) atoms. The lowest BCUT2D eigenvalue weighted by Crippen LogP contribution is -2.35. The van der Waals surface area contributed by atoms with Crippen molar-refractivity contribution in [3.8, 4) is 0 Å². The lowest BCUT2D eigenvalue weighted by atomic mass is 10.1. The van der Waals surface area contributed by atoms with E-state index in [1.807, 2.05) is 20.8 Å². The molecular weight excluding hydrogens is 332 g/mol. The molecule has 0 bridgehead atoms. The highest BCUT2D eigenvalue weighted by Crippen LogP contribution is 2.35. The zero-order valence-electron chi connectivity index (χ0n) is 11.1. The Hall–Kier alpha value is -0.660. The van der Waals surface area contributed by atoms with Gasteiger partial charge in [0.2, 0.25) is 0 Å². The fourth-order valence-corrected chi connectivity index (χ4v) is 3.64. The minimum atomic E-state index is -0.579. The van der Waals surface area contributed by atoms with Crippen LogP contribution >= 0.6 is 27.3 Å². The molecule has 2 heterocycles. The van der Waals surface area contributed by atoms with E-state index in [1.165, 1.54) is 11.3 Å². The summed E-state index contributed by atoms with van der Waals surface area (Å²) in [5.74, 6) is -0.102. The van der Waals surface area contributed by atoms with Crippen molar-refractivity contribution < 1.29 is 14.6 Å². The van der Waals surface area contributed by atoms with Gasteiger partial charge in [-0.1, -0.05) is 0 Å². The lowest BCUT2D eigenvalue weighted by molar-refractivity contribution is 0.0270. The average molecular weight is 349 g/mol. The molecule has 0 unspecified atom stereocenters. The van der Waals surface area contributed by atoms with Crippen molar-refractivity contribution in [3.05, 3.63) is 15.0 Å². The summed E-state index contributed by atoms with van der Waals surface area (Å²) in [5, 5.41) is 10.1.